The topological polar surface area (TPSA) is 89.9 Å². The zero-order valence-corrected chi connectivity index (χ0v) is 26.5. The fourth-order valence-corrected chi connectivity index (χ4v) is 5.93. The summed E-state index contributed by atoms with van der Waals surface area (Å²) in [5, 5.41) is 10.4. The van der Waals surface area contributed by atoms with Gasteiger partial charge < -0.3 is 14.6 Å². The maximum Gasteiger partial charge on any atom is 0.338 e. The van der Waals surface area contributed by atoms with Gasteiger partial charge in [-0.25, -0.2) is 9.59 Å². The monoisotopic (exact) mass is 588 g/mol. The van der Waals surface area contributed by atoms with Crippen LogP contribution in [0.1, 0.15) is 118 Å². The lowest BCUT2D eigenvalue weighted by Crippen LogP contribution is -2.35. The molecular weight excluding hydrogens is 540 g/mol. The standard InChI is InChI=1S/C37H48O6/c1-7-27(8-2)23-25(5)42-34(38)31-17-15-29(16-18-31)30-19-21-37(22-20-30,36(40)41)33-14-12-11-13-32(33)35(39)43-26(6)24-28(9-3)10-4/h11-22,25-28,30H,7-10,23-24H2,1-6H3,(H,40,41)/t25-,26-,30?,37?/m1/s1. The van der Waals surface area contributed by atoms with Crippen LogP contribution < -0.4 is 0 Å². The highest BCUT2D eigenvalue weighted by molar-refractivity contribution is 5.97. The first-order chi connectivity index (χ1) is 20.6. The van der Waals surface area contributed by atoms with E-state index in [2.05, 4.69) is 27.7 Å². The maximum absolute atomic E-state index is 13.3. The number of hydrogen-bond acceptors (Lipinski definition) is 5. The van der Waals surface area contributed by atoms with Gasteiger partial charge in [0, 0.05) is 5.92 Å². The second-order valence-corrected chi connectivity index (χ2v) is 11.9. The summed E-state index contributed by atoms with van der Waals surface area (Å²) in [6.07, 6.45) is 12.3. The van der Waals surface area contributed by atoms with Crippen LogP contribution in [0.15, 0.2) is 72.8 Å². The first-order valence-corrected chi connectivity index (χ1v) is 15.8. The molecule has 0 radical (unpaired) electrons. The van der Waals surface area contributed by atoms with Crippen molar-refractivity contribution in [2.24, 2.45) is 11.8 Å². The molecule has 6 heteroatoms. The smallest absolute Gasteiger partial charge is 0.338 e. The molecule has 0 spiro atoms. The number of carboxylic acids is 1. The van der Waals surface area contributed by atoms with Crippen LogP contribution in [-0.2, 0) is 19.7 Å². The highest BCUT2D eigenvalue weighted by Gasteiger charge is 2.40. The van der Waals surface area contributed by atoms with Crippen LogP contribution >= 0.6 is 0 Å². The van der Waals surface area contributed by atoms with Crippen molar-refractivity contribution in [2.45, 2.75) is 104 Å². The average molecular weight is 589 g/mol. The summed E-state index contributed by atoms with van der Waals surface area (Å²) in [6, 6.07) is 14.0. The Morgan fingerprint density at radius 3 is 1.72 bits per heavy atom. The van der Waals surface area contributed by atoms with Crippen LogP contribution in [0.5, 0.6) is 0 Å². The lowest BCUT2D eigenvalue weighted by atomic mass is 9.73. The summed E-state index contributed by atoms with van der Waals surface area (Å²) >= 11 is 0. The van der Waals surface area contributed by atoms with Crippen molar-refractivity contribution in [3.05, 3.63) is 95.1 Å². The van der Waals surface area contributed by atoms with E-state index < -0.39 is 17.4 Å². The molecule has 1 N–H and O–H groups in total. The van der Waals surface area contributed by atoms with Gasteiger partial charge in [-0.1, -0.05) is 108 Å². The number of carbonyl (C=O) groups is 3. The molecule has 0 amide bonds. The molecule has 1 aliphatic carbocycles. The number of aliphatic carboxylic acids is 1. The highest BCUT2D eigenvalue weighted by Crippen LogP contribution is 2.37. The minimum absolute atomic E-state index is 0.154. The van der Waals surface area contributed by atoms with Gasteiger partial charge in [0.1, 0.15) is 5.41 Å². The molecule has 6 nitrogen and oxygen atoms in total. The van der Waals surface area contributed by atoms with Crippen molar-refractivity contribution in [1.82, 2.24) is 0 Å². The summed E-state index contributed by atoms with van der Waals surface area (Å²) < 4.78 is 11.5. The Balaban J connectivity index is 1.76. The van der Waals surface area contributed by atoms with Crippen LogP contribution in [0.4, 0.5) is 0 Å². The van der Waals surface area contributed by atoms with Crippen LogP contribution in [0.3, 0.4) is 0 Å². The van der Waals surface area contributed by atoms with Crippen LogP contribution in [0, 0.1) is 11.8 Å². The van der Waals surface area contributed by atoms with E-state index >= 15 is 0 Å². The SMILES string of the molecule is CCC(CC)C[C@@H](C)OC(=O)c1ccc(C2C=CC(C(=O)O)(c3ccccc3C(=O)O[C@H](C)CC(CC)CC)C=C2)cc1. The van der Waals surface area contributed by atoms with Gasteiger partial charge in [0.15, 0.2) is 0 Å². The van der Waals surface area contributed by atoms with Crippen LogP contribution in [0.2, 0.25) is 0 Å². The van der Waals surface area contributed by atoms with E-state index in [1.165, 1.54) is 0 Å². The summed E-state index contributed by atoms with van der Waals surface area (Å²) in [5.74, 6) is -1.13. The van der Waals surface area contributed by atoms with Crippen molar-refractivity contribution in [3.63, 3.8) is 0 Å². The molecule has 0 saturated heterocycles. The Kier molecular flexibility index (Phi) is 12.4. The lowest BCUT2D eigenvalue weighted by molar-refractivity contribution is -0.140. The molecule has 0 unspecified atom stereocenters. The summed E-state index contributed by atoms with van der Waals surface area (Å²) in [7, 11) is 0. The minimum Gasteiger partial charge on any atom is -0.480 e. The Morgan fingerprint density at radius 2 is 1.23 bits per heavy atom. The third-order valence-electron chi connectivity index (χ3n) is 8.87. The van der Waals surface area contributed by atoms with E-state index in [4.69, 9.17) is 9.47 Å². The molecule has 1 aliphatic rings. The summed E-state index contributed by atoms with van der Waals surface area (Å²) in [4.78, 5) is 38.7. The Bertz CT molecular complexity index is 1270. The molecule has 3 rings (SSSR count). The third kappa shape index (κ3) is 8.46. The van der Waals surface area contributed by atoms with E-state index in [0.717, 1.165) is 44.1 Å². The van der Waals surface area contributed by atoms with E-state index in [0.29, 0.717) is 23.0 Å². The van der Waals surface area contributed by atoms with E-state index in [1.807, 2.05) is 38.1 Å². The highest BCUT2D eigenvalue weighted by atomic mass is 16.5. The Hall–Kier alpha value is -3.67. The Morgan fingerprint density at radius 1 is 0.744 bits per heavy atom. The van der Waals surface area contributed by atoms with Gasteiger partial charge in [0.25, 0.3) is 0 Å². The minimum atomic E-state index is -1.51. The predicted molar refractivity (Wildman–Crippen MR) is 170 cm³/mol. The number of benzene rings is 2. The quantitative estimate of drug-likeness (QED) is 0.165. The maximum atomic E-state index is 13.3. The van der Waals surface area contributed by atoms with Gasteiger partial charge in [-0.2, -0.15) is 0 Å². The van der Waals surface area contributed by atoms with Crippen molar-refractivity contribution >= 4 is 17.9 Å². The number of esters is 2. The summed E-state index contributed by atoms with van der Waals surface area (Å²) in [6.45, 7) is 12.4. The molecule has 0 aromatic heterocycles. The molecule has 2 aromatic rings. The third-order valence-corrected chi connectivity index (χ3v) is 8.87. The molecule has 0 aliphatic heterocycles. The molecule has 2 aromatic carbocycles. The average Bonchev–Trinajstić information content (AvgIpc) is 3.02. The van der Waals surface area contributed by atoms with E-state index in [-0.39, 0.29) is 29.7 Å². The van der Waals surface area contributed by atoms with Crippen molar-refractivity contribution in [1.29, 1.82) is 0 Å². The van der Waals surface area contributed by atoms with Crippen molar-refractivity contribution in [3.8, 4) is 0 Å². The zero-order chi connectivity index (χ0) is 31.6. The van der Waals surface area contributed by atoms with E-state index in [1.54, 1.807) is 48.6 Å². The van der Waals surface area contributed by atoms with Gasteiger partial charge in [0.05, 0.1) is 23.3 Å². The van der Waals surface area contributed by atoms with Gasteiger partial charge in [-0.3, -0.25) is 4.79 Å². The Labute approximate surface area is 257 Å². The van der Waals surface area contributed by atoms with Gasteiger partial charge in [-0.05, 0) is 67.9 Å². The molecule has 2 atom stereocenters. The van der Waals surface area contributed by atoms with Gasteiger partial charge in [0.2, 0.25) is 0 Å². The van der Waals surface area contributed by atoms with Crippen molar-refractivity contribution < 1.29 is 29.0 Å². The molecule has 232 valence electrons. The zero-order valence-electron chi connectivity index (χ0n) is 26.5. The van der Waals surface area contributed by atoms with Crippen molar-refractivity contribution in [2.75, 3.05) is 0 Å². The van der Waals surface area contributed by atoms with Crippen LogP contribution in [-0.4, -0.2) is 35.2 Å². The number of rotatable bonds is 15. The molecule has 0 heterocycles. The number of allylic oxidation sites excluding steroid dienone is 2. The molecule has 0 saturated carbocycles. The fraction of sp³-hybridized carbons (Fsp3) is 0.486. The largest absolute Gasteiger partial charge is 0.480 e. The van der Waals surface area contributed by atoms with Gasteiger partial charge >= 0.3 is 17.9 Å². The first-order valence-electron chi connectivity index (χ1n) is 15.8. The van der Waals surface area contributed by atoms with E-state index in [9.17, 15) is 19.5 Å². The molecular formula is C37H48O6. The molecule has 0 bridgehead atoms. The number of hydrogen-bond donors (Lipinski definition) is 1. The predicted octanol–water partition coefficient (Wildman–Crippen LogP) is 8.66. The number of carboxylic acid groups (broad SMARTS) is 1. The first kappa shape index (κ1) is 33.8. The number of carbonyl (C=O) groups excluding carboxylic acids is 2. The normalized spacial score (nSPS) is 19.3. The lowest BCUT2D eigenvalue weighted by Gasteiger charge is -2.29. The second kappa shape index (κ2) is 15.7. The summed E-state index contributed by atoms with van der Waals surface area (Å²) in [5.41, 5.74) is 0.495. The van der Waals surface area contributed by atoms with Crippen LogP contribution in [0.25, 0.3) is 0 Å². The molecule has 43 heavy (non-hydrogen) atoms. The second-order valence-electron chi connectivity index (χ2n) is 11.9. The van der Waals surface area contributed by atoms with Gasteiger partial charge in [-0.15, -0.1) is 0 Å². The molecule has 0 fully saturated rings. The number of ether oxygens (including phenoxy) is 2. The fourth-order valence-electron chi connectivity index (χ4n) is 5.93.